The zero-order chi connectivity index (χ0) is 11.8. The van der Waals surface area contributed by atoms with E-state index in [0.717, 1.165) is 30.7 Å². The summed E-state index contributed by atoms with van der Waals surface area (Å²) >= 11 is 0. The Morgan fingerprint density at radius 2 is 2.00 bits per heavy atom. The third-order valence-corrected chi connectivity index (χ3v) is 3.67. The number of amides is 1. The van der Waals surface area contributed by atoms with Crippen molar-refractivity contribution in [3.8, 4) is 0 Å². The summed E-state index contributed by atoms with van der Waals surface area (Å²) in [7, 11) is 0. The number of aryl methyl sites for hydroxylation is 2. The van der Waals surface area contributed by atoms with Crippen LogP contribution in [0.25, 0.3) is 0 Å². The minimum absolute atomic E-state index is 0.0589. The van der Waals surface area contributed by atoms with Crippen molar-refractivity contribution in [2.75, 3.05) is 12.0 Å². The van der Waals surface area contributed by atoms with Gasteiger partial charge < -0.3 is 5.73 Å². The minimum Gasteiger partial charge on any atom is -0.329 e. The van der Waals surface area contributed by atoms with E-state index in [4.69, 9.17) is 5.73 Å². The summed E-state index contributed by atoms with van der Waals surface area (Å²) in [5, 5.41) is 0. The molecule has 0 bridgehead atoms. The quantitative estimate of drug-likeness (QED) is 0.808. The van der Waals surface area contributed by atoms with Crippen molar-refractivity contribution in [3.63, 3.8) is 0 Å². The Hall–Kier alpha value is -1.29. The van der Waals surface area contributed by atoms with Gasteiger partial charge in [0, 0.05) is 17.9 Å². The molecular weight excluding hydrogens is 202 g/mol. The van der Waals surface area contributed by atoms with Crippen molar-refractivity contribution in [2.24, 2.45) is 11.1 Å². The summed E-state index contributed by atoms with van der Waals surface area (Å²) in [5.41, 5.74) is 10.4. The van der Waals surface area contributed by atoms with Crippen LogP contribution in [0.3, 0.4) is 0 Å². The summed E-state index contributed by atoms with van der Waals surface area (Å²) in [4.78, 5) is 12.1. The van der Waals surface area contributed by atoms with Gasteiger partial charge in [0.1, 0.15) is 0 Å². The second-order valence-electron chi connectivity index (χ2n) is 4.73. The number of aromatic nitrogens is 1. The number of nitrogens with one attached hydrogen (secondary N) is 1. The first-order valence-electron chi connectivity index (χ1n) is 5.75. The van der Waals surface area contributed by atoms with E-state index in [1.165, 1.54) is 0 Å². The van der Waals surface area contributed by atoms with Gasteiger partial charge in [0.25, 0.3) is 0 Å². The lowest BCUT2D eigenvalue weighted by Gasteiger charge is -2.39. The SMILES string of the molecule is Cc1ccc(C)n1NC(=O)C1(CN)CCC1. The highest BCUT2D eigenvalue weighted by atomic mass is 16.2. The van der Waals surface area contributed by atoms with E-state index >= 15 is 0 Å². The first kappa shape index (κ1) is 11.2. The molecule has 0 unspecified atom stereocenters. The molecule has 0 aromatic carbocycles. The monoisotopic (exact) mass is 221 g/mol. The van der Waals surface area contributed by atoms with Crippen LogP contribution in [0.4, 0.5) is 0 Å². The zero-order valence-corrected chi connectivity index (χ0v) is 9.92. The van der Waals surface area contributed by atoms with Gasteiger partial charge in [-0.3, -0.25) is 14.9 Å². The van der Waals surface area contributed by atoms with Gasteiger partial charge in [0.05, 0.1) is 5.41 Å². The lowest BCUT2D eigenvalue weighted by atomic mass is 9.68. The zero-order valence-electron chi connectivity index (χ0n) is 9.92. The van der Waals surface area contributed by atoms with E-state index < -0.39 is 0 Å². The van der Waals surface area contributed by atoms with Crippen LogP contribution in [-0.2, 0) is 4.79 Å². The van der Waals surface area contributed by atoms with E-state index in [1.807, 2.05) is 30.7 Å². The highest BCUT2D eigenvalue weighted by Crippen LogP contribution is 2.40. The van der Waals surface area contributed by atoms with E-state index in [9.17, 15) is 4.79 Å². The van der Waals surface area contributed by atoms with Crippen LogP contribution in [0.1, 0.15) is 30.7 Å². The van der Waals surface area contributed by atoms with Crippen LogP contribution in [0.5, 0.6) is 0 Å². The molecule has 1 saturated carbocycles. The molecule has 1 aliphatic rings. The summed E-state index contributed by atoms with van der Waals surface area (Å²) in [5.74, 6) is 0.0589. The van der Waals surface area contributed by atoms with Crippen molar-refractivity contribution < 1.29 is 4.79 Å². The van der Waals surface area contributed by atoms with Gasteiger partial charge >= 0.3 is 0 Å². The van der Waals surface area contributed by atoms with Crippen LogP contribution < -0.4 is 11.2 Å². The van der Waals surface area contributed by atoms with Crippen LogP contribution in [0.15, 0.2) is 12.1 Å². The average molecular weight is 221 g/mol. The maximum absolute atomic E-state index is 12.1. The Morgan fingerprint density at radius 1 is 1.44 bits per heavy atom. The Balaban J connectivity index is 2.13. The van der Waals surface area contributed by atoms with Crippen molar-refractivity contribution in [3.05, 3.63) is 23.5 Å². The molecule has 1 aromatic heterocycles. The predicted octanol–water partition coefficient (Wildman–Crippen LogP) is 1.30. The molecule has 0 spiro atoms. The maximum atomic E-state index is 12.1. The Labute approximate surface area is 95.8 Å². The summed E-state index contributed by atoms with van der Waals surface area (Å²) < 4.78 is 1.83. The molecule has 0 aliphatic heterocycles. The second kappa shape index (κ2) is 3.94. The van der Waals surface area contributed by atoms with E-state index in [1.54, 1.807) is 0 Å². The fraction of sp³-hybridized carbons (Fsp3) is 0.583. The van der Waals surface area contributed by atoms with E-state index in [2.05, 4.69) is 5.43 Å². The Morgan fingerprint density at radius 3 is 2.38 bits per heavy atom. The normalized spacial score (nSPS) is 17.9. The standard InChI is InChI=1S/C12H19N3O/c1-9-4-5-10(2)15(9)14-11(16)12(8-13)6-3-7-12/h4-5H,3,6-8,13H2,1-2H3,(H,14,16). The predicted molar refractivity (Wildman–Crippen MR) is 63.6 cm³/mol. The number of hydrogen-bond donors (Lipinski definition) is 2. The smallest absolute Gasteiger partial charge is 0.246 e. The van der Waals surface area contributed by atoms with Gasteiger partial charge in [-0.1, -0.05) is 6.42 Å². The van der Waals surface area contributed by atoms with Crippen molar-refractivity contribution >= 4 is 5.91 Å². The molecule has 0 radical (unpaired) electrons. The van der Waals surface area contributed by atoms with Gasteiger partial charge in [-0.25, -0.2) is 0 Å². The molecule has 3 N–H and O–H groups in total. The van der Waals surface area contributed by atoms with Gasteiger partial charge in [0.2, 0.25) is 5.91 Å². The Kier molecular flexibility index (Phi) is 2.76. The third-order valence-electron chi connectivity index (χ3n) is 3.67. The largest absolute Gasteiger partial charge is 0.329 e. The van der Waals surface area contributed by atoms with E-state index in [-0.39, 0.29) is 11.3 Å². The molecule has 4 nitrogen and oxygen atoms in total. The van der Waals surface area contributed by atoms with Crippen LogP contribution in [0, 0.1) is 19.3 Å². The highest BCUT2D eigenvalue weighted by Gasteiger charge is 2.43. The lowest BCUT2D eigenvalue weighted by Crippen LogP contribution is -2.49. The first-order valence-corrected chi connectivity index (χ1v) is 5.75. The summed E-state index contributed by atoms with van der Waals surface area (Å²) in [6.45, 7) is 4.39. The second-order valence-corrected chi connectivity index (χ2v) is 4.73. The van der Waals surface area contributed by atoms with Gasteiger partial charge in [-0.2, -0.15) is 0 Å². The fourth-order valence-electron chi connectivity index (χ4n) is 2.19. The molecule has 2 rings (SSSR count). The molecule has 88 valence electrons. The van der Waals surface area contributed by atoms with Gasteiger partial charge in [-0.05, 0) is 38.8 Å². The number of carbonyl (C=O) groups is 1. The maximum Gasteiger partial charge on any atom is 0.246 e. The average Bonchev–Trinajstić information content (AvgIpc) is 2.49. The van der Waals surface area contributed by atoms with Crippen molar-refractivity contribution in [2.45, 2.75) is 33.1 Å². The van der Waals surface area contributed by atoms with Crippen LogP contribution >= 0.6 is 0 Å². The summed E-state index contributed by atoms with van der Waals surface area (Å²) in [6, 6.07) is 3.98. The first-order chi connectivity index (χ1) is 7.59. The molecule has 0 saturated heterocycles. The molecule has 1 heterocycles. The van der Waals surface area contributed by atoms with Crippen LogP contribution in [-0.4, -0.2) is 17.1 Å². The van der Waals surface area contributed by atoms with Gasteiger partial charge in [-0.15, -0.1) is 0 Å². The molecule has 16 heavy (non-hydrogen) atoms. The molecule has 1 fully saturated rings. The molecule has 4 heteroatoms. The molecule has 1 aromatic rings. The Bertz CT molecular complexity index is 379. The molecular formula is C12H19N3O. The van der Waals surface area contributed by atoms with Gasteiger partial charge in [0.15, 0.2) is 0 Å². The van der Waals surface area contributed by atoms with Crippen molar-refractivity contribution in [1.82, 2.24) is 4.68 Å². The number of carbonyl (C=O) groups excluding carboxylic acids is 1. The van der Waals surface area contributed by atoms with Crippen molar-refractivity contribution in [1.29, 1.82) is 0 Å². The number of hydrogen-bond acceptors (Lipinski definition) is 2. The number of nitrogens with two attached hydrogens (primary N) is 1. The number of nitrogens with zero attached hydrogens (tertiary/aromatic N) is 1. The summed E-state index contributed by atoms with van der Waals surface area (Å²) in [6.07, 6.45) is 2.93. The number of rotatable bonds is 3. The lowest BCUT2D eigenvalue weighted by molar-refractivity contribution is -0.130. The minimum atomic E-state index is -0.316. The fourth-order valence-corrected chi connectivity index (χ4v) is 2.19. The molecule has 0 atom stereocenters. The third kappa shape index (κ3) is 1.63. The molecule has 1 amide bonds. The highest BCUT2D eigenvalue weighted by molar-refractivity contribution is 5.90. The molecule has 1 aliphatic carbocycles. The van der Waals surface area contributed by atoms with E-state index in [0.29, 0.717) is 6.54 Å². The van der Waals surface area contributed by atoms with Crippen LogP contribution in [0.2, 0.25) is 0 Å². The topological polar surface area (TPSA) is 60.0 Å².